The van der Waals surface area contributed by atoms with Crippen molar-refractivity contribution in [2.75, 3.05) is 18.0 Å². The van der Waals surface area contributed by atoms with E-state index in [0.29, 0.717) is 23.8 Å². The van der Waals surface area contributed by atoms with Gasteiger partial charge >= 0.3 is 0 Å². The minimum absolute atomic E-state index is 0.0401. The zero-order chi connectivity index (χ0) is 20.5. The van der Waals surface area contributed by atoms with Gasteiger partial charge in [0.05, 0.1) is 18.3 Å². The summed E-state index contributed by atoms with van der Waals surface area (Å²) in [7, 11) is 0. The predicted octanol–water partition coefficient (Wildman–Crippen LogP) is 4.77. The summed E-state index contributed by atoms with van der Waals surface area (Å²) in [5.74, 6) is -0.0401. The van der Waals surface area contributed by atoms with Crippen LogP contribution in [-0.4, -0.2) is 24.7 Å². The quantitative estimate of drug-likeness (QED) is 0.671. The van der Waals surface area contributed by atoms with Gasteiger partial charge in [-0.25, -0.2) is 0 Å². The number of hydrogen-bond acceptors (Lipinski definition) is 3. The molecule has 0 saturated carbocycles. The Kier molecular flexibility index (Phi) is 4.85. The number of rotatable bonds is 3. The first-order valence-corrected chi connectivity index (χ1v) is 10.3. The molecule has 2 aliphatic heterocycles. The lowest BCUT2D eigenvalue weighted by molar-refractivity contribution is -0.115. The molecule has 1 N–H and O–H groups in total. The summed E-state index contributed by atoms with van der Waals surface area (Å²) in [4.78, 5) is 20.4. The molecule has 4 nitrogen and oxygen atoms in total. The molecule has 1 atom stereocenters. The maximum absolute atomic E-state index is 13.6. The molecule has 3 aromatic rings. The highest BCUT2D eigenvalue weighted by Crippen LogP contribution is 2.42. The molecule has 0 radical (unpaired) electrons. The minimum atomic E-state index is -0.295. The predicted molar refractivity (Wildman–Crippen MR) is 121 cm³/mol. The van der Waals surface area contributed by atoms with Crippen molar-refractivity contribution in [3.05, 3.63) is 112 Å². The van der Waals surface area contributed by atoms with Crippen LogP contribution >= 0.6 is 11.6 Å². The molecule has 2 aliphatic rings. The molecule has 0 bridgehead atoms. The summed E-state index contributed by atoms with van der Waals surface area (Å²) in [6, 6.07) is 27.3. The van der Waals surface area contributed by atoms with Crippen molar-refractivity contribution in [3.63, 3.8) is 0 Å². The summed E-state index contributed by atoms with van der Waals surface area (Å²) >= 11 is 6.16. The van der Waals surface area contributed by atoms with Crippen LogP contribution in [0.25, 0.3) is 0 Å². The SMILES string of the molecule is O=C1C2=C(C(c3ccccc3)=NCCN2)[C@H](c2ccc(Cl)cc2)N1c1ccccc1. The van der Waals surface area contributed by atoms with E-state index in [-0.39, 0.29) is 11.9 Å². The van der Waals surface area contributed by atoms with Gasteiger partial charge in [0.15, 0.2) is 0 Å². The van der Waals surface area contributed by atoms with E-state index in [4.69, 9.17) is 16.6 Å². The van der Waals surface area contributed by atoms with Crippen molar-refractivity contribution < 1.29 is 4.79 Å². The Morgan fingerprint density at radius 1 is 0.900 bits per heavy atom. The van der Waals surface area contributed by atoms with Crippen LogP contribution in [0.3, 0.4) is 0 Å². The summed E-state index contributed by atoms with van der Waals surface area (Å²) in [5, 5.41) is 4.02. The Balaban J connectivity index is 1.73. The average Bonchev–Trinajstić information content (AvgIpc) is 2.93. The van der Waals surface area contributed by atoms with Crippen LogP contribution in [0.15, 0.2) is 101 Å². The van der Waals surface area contributed by atoms with Crippen molar-refractivity contribution in [2.45, 2.75) is 6.04 Å². The third-order valence-corrected chi connectivity index (χ3v) is 5.69. The highest BCUT2D eigenvalue weighted by Gasteiger charge is 2.43. The third kappa shape index (κ3) is 3.19. The van der Waals surface area contributed by atoms with Gasteiger partial charge in [-0.05, 0) is 29.8 Å². The monoisotopic (exact) mass is 413 g/mol. The number of aliphatic imine (C=N–C) groups is 1. The average molecular weight is 414 g/mol. The molecule has 0 unspecified atom stereocenters. The first kappa shape index (κ1) is 18.6. The van der Waals surface area contributed by atoms with Gasteiger partial charge in [0, 0.05) is 28.4 Å². The molecule has 30 heavy (non-hydrogen) atoms. The fourth-order valence-corrected chi connectivity index (χ4v) is 4.26. The molecule has 2 heterocycles. The van der Waals surface area contributed by atoms with Gasteiger partial charge in [-0.2, -0.15) is 0 Å². The van der Waals surface area contributed by atoms with Crippen molar-refractivity contribution in [2.24, 2.45) is 4.99 Å². The van der Waals surface area contributed by atoms with Gasteiger partial charge in [-0.1, -0.05) is 72.3 Å². The van der Waals surface area contributed by atoms with Crippen LogP contribution in [0.2, 0.25) is 5.02 Å². The number of carbonyl (C=O) groups excluding carboxylic acids is 1. The number of nitrogens with one attached hydrogen (secondary N) is 1. The van der Waals surface area contributed by atoms with Crippen molar-refractivity contribution >= 4 is 28.9 Å². The maximum atomic E-state index is 13.6. The van der Waals surface area contributed by atoms with E-state index < -0.39 is 0 Å². The normalized spacial score (nSPS) is 18.6. The molecule has 0 spiro atoms. The Labute approximate surface area is 180 Å². The van der Waals surface area contributed by atoms with E-state index in [1.165, 1.54) is 0 Å². The number of para-hydroxylation sites is 1. The third-order valence-electron chi connectivity index (χ3n) is 5.44. The maximum Gasteiger partial charge on any atom is 0.275 e. The summed E-state index contributed by atoms with van der Waals surface area (Å²) in [6.07, 6.45) is 0. The van der Waals surface area contributed by atoms with E-state index >= 15 is 0 Å². The molecule has 5 rings (SSSR count). The molecule has 0 saturated heterocycles. The molecule has 0 aromatic heterocycles. The van der Waals surface area contributed by atoms with Gasteiger partial charge in [0.2, 0.25) is 0 Å². The second-order valence-electron chi connectivity index (χ2n) is 7.28. The number of hydrogen-bond donors (Lipinski definition) is 1. The highest BCUT2D eigenvalue weighted by molar-refractivity contribution is 6.30. The van der Waals surface area contributed by atoms with E-state index in [2.05, 4.69) is 5.32 Å². The molecule has 148 valence electrons. The number of amides is 1. The van der Waals surface area contributed by atoms with E-state index in [1.54, 1.807) is 0 Å². The highest BCUT2D eigenvalue weighted by atomic mass is 35.5. The molecule has 0 aliphatic carbocycles. The van der Waals surface area contributed by atoms with E-state index in [9.17, 15) is 4.79 Å². The van der Waals surface area contributed by atoms with Crippen LogP contribution in [0.1, 0.15) is 17.2 Å². The van der Waals surface area contributed by atoms with Crippen LogP contribution in [-0.2, 0) is 4.79 Å². The fraction of sp³-hybridized carbons (Fsp3) is 0.120. The second-order valence-corrected chi connectivity index (χ2v) is 7.71. The lowest BCUT2D eigenvalue weighted by atomic mass is 9.91. The molecule has 1 amide bonds. The number of carbonyl (C=O) groups is 1. The standard InChI is InChI=1S/C25H20ClN3O/c26-19-13-11-18(12-14-19)24-21-22(17-7-3-1-4-8-17)27-15-16-28-23(21)25(30)29(24)20-9-5-2-6-10-20/h1-14,24,28H,15-16H2/t24-/m0/s1. The van der Waals surface area contributed by atoms with E-state index in [1.807, 2.05) is 89.8 Å². The van der Waals surface area contributed by atoms with Gasteiger partial charge < -0.3 is 5.32 Å². The largest absolute Gasteiger partial charge is 0.378 e. The van der Waals surface area contributed by atoms with Gasteiger partial charge in [0.25, 0.3) is 5.91 Å². The molecular formula is C25H20ClN3O. The zero-order valence-electron chi connectivity index (χ0n) is 16.3. The summed E-state index contributed by atoms with van der Waals surface area (Å²) < 4.78 is 0. The smallest absolute Gasteiger partial charge is 0.275 e. The lowest BCUT2D eigenvalue weighted by Crippen LogP contribution is -2.33. The second kappa shape index (κ2) is 7.81. The van der Waals surface area contributed by atoms with Crippen molar-refractivity contribution in [3.8, 4) is 0 Å². The number of halogens is 1. The molecule has 0 fully saturated rings. The Morgan fingerprint density at radius 2 is 1.57 bits per heavy atom. The van der Waals surface area contributed by atoms with Crippen molar-refractivity contribution in [1.82, 2.24) is 5.32 Å². The summed E-state index contributed by atoms with van der Waals surface area (Å²) in [5.41, 5.74) is 5.25. The van der Waals surface area contributed by atoms with Crippen LogP contribution in [0.4, 0.5) is 5.69 Å². The lowest BCUT2D eigenvalue weighted by Gasteiger charge is -2.28. The van der Waals surface area contributed by atoms with Gasteiger partial charge in [-0.15, -0.1) is 0 Å². The first-order chi connectivity index (χ1) is 14.7. The van der Waals surface area contributed by atoms with Crippen LogP contribution in [0, 0.1) is 0 Å². The van der Waals surface area contributed by atoms with Gasteiger partial charge in [-0.3, -0.25) is 14.7 Å². The van der Waals surface area contributed by atoms with Crippen molar-refractivity contribution in [1.29, 1.82) is 0 Å². The Hall–Kier alpha value is -3.37. The molecule has 3 aromatic carbocycles. The topological polar surface area (TPSA) is 44.7 Å². The first-order valence-electron chi connectivity index (χ1n) is 9.96. The van der Waals surface area contributed by atoms with Gasteiger partial charge in [0.1, 0.15) is 5.70 Å². The molecular weight excluding hydrogens is 394 g/mol. The van der Waals surface area contributed by atoms with Crippen LogP contribution < -0.4 is 10.2 Å². The number of benzene rings is 3. The zero-order valence-corrected chi connectivity index (χ0v) is 17.0. The fourth-order valence-electron chi connectivity index (χ4n) is 4.13. The molecule has 5 heteroatoms. The summed E-state index contributed by atoms with van der Waals surface area (Å²) in [6.45, 7) is 1.24. The van der Waals surface area contributed by atoms with Crippen LogP contribution in [0.5, 0.6) is 0 Å². The number of nitrogens with zero attached hydrogens (tertiary/aromatic N) is 2. The Morgan fingerprint density at radius 3 is 2.27 bits per heavy atom. The Bertz CT molecular complexity index is 1140. The number of anilines is 1. The minimum Gasteiger partial charge on any atom is -0.378 e. The van der Waals surface area contributed by atoms with E-state index in [0.717, 1.165) is 28.1 Å².